The van der Waals surface area contributed by atoms with Crippen LogP contribution in [0.2, 0.25) is 0 Å². The van der Waals surface area contributed by atoms with Crippen LogP contribution in [0, 0.1) is 0 Å². The Kier molecular flexibility index (Phi) is 4.99. The maximum atomic E-state index is 12.8. The van der Waals surface area contributed by atoms with E-state index in [0.717, 1.165) is 19.3 Å². The number of fused-ring (bicyclic) bond motifs is 1. The zero-order chi connectivity index (χ0) is 13.8. The minimum atomic E-state index is 0.0380. The molecule has 1 heterocycles. The van der Waals surface area contributed by atoms with Gasteiger partial charge in [0.05, 0.1) is 5.92 Å². The molecule has 0 aromatic carbocycles. The molecule has 0 spiro atoms. The minimum absolute atomic E-state index is 0.0380. The smallest absolute Gasteiger partial charge is 0.230 e. The Morgan fingerprint density at radius 2 is 2.37 bits per heavy atom. The molecule has 1 unspecified atom stereocenters. The molecule has 0 aliphatic heterocycles. The van der Waals surface area contributed by atoms with Crippen LogP contribution >= 0.6 is 11.3 Å². The number of nitrogens with zero attached hydrogens (tertiary/aromatic N) is 1. The normalized spacial score (nSPS) is 18.4. The second-order valence-electron chi connectivity index (χ2n) is 5.45. The molecule has 0 fully saturated rings. The van der Waals surface area contributed by atoms with Gasteiger partial charge in [0, 0.05) is 24.1 Å². The number of rotatable bonds is 5. The molecule has 1 aliphatic carbocycles. The highest BCUT2D eigenvalue weighted by Crippen LogP contribution is 2.36. The number of aryl methyl sites for hydroxylation is 1. The third-order valence-electron chi connectivity index (χ3n) is 3.81. The molecule has 1 aliphatic rings. The lowest BCUT2D eigenvalue weighted by atomic mass is 9.86. The second kappa shape index (κ2) is 6.53. The monoisotopic (exact) mass is 281 g/mol. The maximum absolute atomic E-state index is 12.8. The molecule has 19 heavy (non-hydrogen) atoms. The number of amides is 1. The third-order valence-corrected chi connectivity index (χ3v) is 4.81. The van der Waals surface area contributed by atoms with Crippen molar-refractivity contribution in [3.8, 4) is 0 Å². The van der Waals surface area contributed by atoms with Gasteiger partial charge in [-0.2, -0.15) is 0 Å². The lowest BCUT2D eigenvalue weighted by molar-refractivity contribution is -0.135. The van der Waals surface area contributed by atoms with Crippen LogP contribution in [0.3, 0.4) is 0 Å². The van der Waals surface area contributed by atoms with Crippen LogP contribution in [0.4, 0.5) is 0 Å². The number of hydrogen-bond donors (Lipinski definition) is 1. The summed E-state index contributed by atoms with van der Waals surface area (Å²) >= 11 is 1.77. The number of aliphatic hydroxyl groups excluding tert-OH is 1. The molecule has 0 radical (unpaired) electrons. The summed E-state index contributed by atoms with van der Waals surface area (Å²) in [4.78, 5) is 16.1. The Morgan fingerprint density at radius 3 is 3.05 bits per heavy atom. The Hall–Kier alpha value is -0.870. The second-order valence-corrected chi connectivity index (χ2v) is 6.45. The fourth-order valence-corrected chi connectivity index (χ4v) is 3.79. The Labute approximate surface area is 119 Å². The average molecular weight is 281 g/mol. The van der Waals surface area contributed by atoms with Crippen molar-refractivity contribution in [3.05, 3.63) is 21.9 Å². The fourth-order valence-electron chi connectivity index (χ4n) is 2.81. The largest absolute Gasteiger partial charge is 0.396 e. The van der Waals surface area contributed by atoms with Gasteiger partial charge in [0.15, 0.2) is 0 Å². The van der Waals surface area contributed by atoms with E-state index in [1.165, 1.54) is 10.4 Å². The van der Waals surface area contributed by atoms with Gasteiger partial charge in [-0.25, -0.2) is 0 Å². The topological polar surface area (TPSA) is 40.5 Å². The summed E-state index contributed by atoms with van der Waals surface area (Å²) in [6.45, 7) is 4.90. The summed E-state index contributed by atoms with van der Waals surface area (Å²) in [5.41, 5.74) is 1.25. The molecule has 3 nitrogen and oxygen atoms in total. The van der Waals surface area contributed by atoms with E-state index in [9.17, 15) is 4.79 Å². The highest BCUT2D eigenvalue weighted by atomic mass is 32.1. The number of aliphatic hydroxyl groups is 1. The van der Waals surface area contributed by atoms with Gasteiger partial charge in [-0.3, -0.25) is 4.79 Å². The van der Waals surface area contributed by atoms with E-state index in [1.807, 2.05) is 18.7 Å². The van der Waals surface area contributed by atoms with Gasteiger partial charge in [-0.05, 0) is 56.5 Å². The Morgan fingerprint density at radius 1 is 1.58 bits per heavy atom. The van der Waals surface area contributed by atoms with Gasteiger partial charge in [0.1, 0.15) is 0 Å². The number of thiophene rings is 1. The van der Waals surface area contributed by atoms with Gasteiger partial charge >= 0.3 is 0 Å². The van der Waals surface area contributed by atoms with Crippen molar-refractivity contribution in [2.45, 2.75) is 51.5 Å². The van der Waals surface area contributed by atoms with Crippen LogP contribution in [0.1, 0.15) is 49.5 Å². The average Bonchev–Trinajstić information content (AvgIpc) is 2.86. The van der Waals surface area contributed by atoms with Crippen molar-refractivity contribution in [1.82, 2.24) is 4.90 Å². The first-order valence-electron chi connectivity index (χ1n) is 7.12. The van der Waals surface area contributed by atoms with Gasteiger partial charge < -0.3 is 10.0 Å². The van der Waals surface area contributed by atoms with Crippen LogP contribution < -0.4 is 0 Å². The molecule has 1 N–H and O–H groups in total. The van der Waals surface area contributed by atoms with E-state index in [4.69, 9.17) is 5.11 Å². The first kappa shape index (κ1) is 14.5. The molecule has 0 bridgehead atoms. The summed E-state index contributed by atoms with van der Waals surface area (Å²) < 4.78 is 0. The minimum Gasteiger partial charge on any atom is -0.396 e. The lowest BCUT2D eigenvalue weighted by Gasteiger charge is -2.32. The van der Waals surface area contributed by atoms with Gasteiger partial charge in [-0.15, -0.1) is 11.3 Å². The van der Waals surface area contributed by atoms with Crippen LogP contribution in [0.5, 0.6) is 0 Å². The highest BCUT2D eigenvalue weighted by Gasteiger charge is 2.31. The Bertz CT molecular complexity index is 428. The van der Waals surface area contributed by atoms with Gasteiger partial charge in [-0.1, -0.05) is 0 Å². The molecule has 0 saturated heterocycles. The van der Waals surface area contributed by atoms with E-state index >= 15 is 0 Å². The first-order chi connectivity index (χ1) is 9.15. The molecule has 1 aromatic rings. The van der Waals surface area contributed by atoms with E-state index in [2.05, 4.69) is 11.4 Å². The summed E-state index contributed by atoms with van der Waals surface area (Å²) in [5, 5.41) is 11.1. The Balaban J connectivity index is 2.14. The number of carbonyl (C=O) groups excluding carboxylic acids is 1. The summed E-state index contributed by atoms with van der Waals surface area (Å²) in [5.74, 6) is 0.277. The molecular weight excluding hydrogens is 258 g/mol. The van der Waals surface area contributed by atoms with Gasteiger partial charge in [0.2, 0.25) is 5.91 Å². The predicted molar refractivity (Wildman–Crippen MR) is 78.5 cm³/mol. The summed E-state index contributed by atoms with van der Waals surface area (Å²) in [7, 11) is 0. The molecule has 106 valence electrons. The number of carbonyl (C=O) groups is 1. The van der Waals surface area contributed by atoms with Crippen molar-refractivity contribution in [1.29, 1.82) is 0 Å². The van der Waals surface area contributed by atoms with Crippen molar-refractivity contribution < 1.29 is 9.90 Å². The van der Waals surface area contributed by atoms with Crippen LogP contribution in [0.25, 0.3) is 0 Å². The summed E-state index contributed by atoms with van der Waals surface area (Å²) in [6.07, 6.45) is 3.85. The van der Waals surface area contributed by atoms with E-state index in [1.54, 1.807) is 11.3 Å². The van der Waals surface area contributed by atoms with Crippen LogP contribution in [-0.2, 0) is 11.2 Å². The van der Waals surface area contributed by atoms with Crippen molar-refractivity contribution in [2.75, 3.05) is 13.2 Å². The van der Waals surface area contributed by atoms with Crippen molar-refractivity contribution >= 4 is 17.2 Å². The molecular formula is C15H23NO2S. The van der Waals surface area contributed by atoms with Gasteiger partial charge in [0.25, 0.3) is 0 Å². The zero-order valence-electron chi connectivity index (χ0n) is 11.8. The first-order valence-corrected chi connectivity index (χ1v) is 8.00. The van der Waals surface area contributed by atoms with E-state index < -0.39 is 0 Å². The van der Waals surface area contributed by atoms with E-state index in [-0.39, 0.29) is 24.5 Å². The highest BCUT2D eigenvalue weighted by molar-refractivity contribution is 7.10. The zero-order valence-corrected chi connectivity index (χ0v) is 12.6. The van der Waals surface area contributed by atoms with E-state index in [0.29, 0.717) is 13.0 Å². The molecule has 0 saturated carbocycles. The lowest BCUT2D eigenvalue weighted by Crippen LogP contribution is -2.41. The molecule has 2 rings (SSSR count). The maximum Gasteiger partial charge on any atom is 0.230 e. The van der Waals surface area contributed by atoms with Crippen LogP contribution in [0.15, 0.2) is 11.4 Å². The quantitative estimate of drug-likeness (QED) is 0.901. The van der Waals surface area contributed by atoms with Crippen molar-refractivity contribution in [2.24, 2.45) is 0 Å². The van der Waals surface area contributed by atoms with Crippen LogP contribution in [-0.4, -0.2) is 35.1 Å². The SMILES string of the molecule is CC(C)N(CCCO)C(=O)C1CCCc2sccc21. The van der Waals surface area contributed by atoms with Crippen molar-refractivity contribution in [3.63, 3.8) is 0 Å². The molecule has 4 heteroatoms. The fraction of sp³-hybridized carbons (Fsp3) is 0.667. The number of hydrogen-bond acceptors (Lipinski definition) is 3. The molecule has 1 amide bonds. The molecule has 1 atom stereocenters. The third kappa shape index (κ3) is 3.18. The standard InChI is InChI=1S/C15H23NO2S/c1-11(2)16(8-4-9-17)15(18)13-5-3-6-14-12(13)7-10-19-14/h7,10-11,13,17H,3-6,8-9H2,1-2H3. The molecule has 1 aromatic heterocycles. The summed E-state index contributed by atoms with van der Waals surface area (Å²) in [6, 6.07) is 2.31. The predicted octanol–water partition coefficient (Wildman–Crippen LogP) is 2.79.